The lowest BCUT2D eigenvalue weighted by Crippen LogP contribution is -2.44. The van der Waals surface area contributed by atoms with Crippen molar-refractivity contribution in [1.82, 2.24) is 0 Å². The van der Waals surface area contributed by atoms with Crippen molar-refractivity contribution in [3.63, 3.8) is 0 Å². The van der Waals surface area contributed by atoms with Crippen molar-refractivity contribution in [3.05, 3.63) is 0 Å². The molecule has 3 nitrogen and oxygen atoms in total. The van der Waals surface area contributed by atoms with Crippen molar-refractivity contribution in [2.24, 2.45) is 5.41 Å². The first-order chi connectivity index (χ1) is 8.08. The number of ether oxygens (including phenoxy) is 3. The van der Waals surface area contributed by atoms with E-state index in [1.807, 2.05) is 0 Å². The monoisotopic (exact) mass is 228 g/mol. The average molecular weight is 228 g/mol. The molecule has 3 aliphatic rings. The summed E-state index contributed by atoms with van der Waals surface area (Å²) in [6, 6.07) is 0. The minimum atomic E-state index is -0.452. The number of fused-ring (bicyclic) bond motifs is 3. The van der Waals surface area contributed by atoms with Crippen LogP contribution in [0, 0.1) is 5.41 Å². The van der Waals surface area contributed by atoms with Gasteiger partial charge in [0.1, 0.15) is 11.7 Å². The molecule has 0 aromatic heterocycles. The summed E-state index contributed by atoms with van der Waals surface area (Å²) in [6.45, 7) is 1.77. The molecule has 0 N–H and O–H groups in total. The lowest BCUT2D eigenvalue weighted by molar-refractivity contribution is -0.113. The van der Waals surface area contributed by atoms with E-state index in [0.717, 1.165) is 12.8 Å². The van der Waals surface area contributed by atoms with Crippen LogP contribution in [0.4, 0.5) is 0 Å². The van der Waals surface area contributed by atoms with Crippen molar-refractivity contribution in [2.45, 2.75) is 56.3 Å². The summed E-state index contributed by atoms with van der Waals surface area (Å²) in [6.07, 6.45) is 5.06. The Morgan fingerprint density at radius 2 is 2.19 bits per heavy atom. The zero-order chi connectivity index (χ0) is 12.3. The average Bonchev–Trinajstić information content (AvgIpc) is 2.69. The van der Waals surface area contributed by atoms with Gasteiger partial charge in [0.05, 0.1) is 13.6 Å². The predicted molar refractivity (Wildman–Crippen MR) is 60.4 cm³/mol. The summed E-state index contributed by atoms with van der Waals surface area (Å²) in [5.41, 5.74) is -0.192. The molecule has 2 aliphatic carbocycles. The quantitative estimate of drug-likeness (QED) is 0.738. The Labute approximate surface area is 98.8 Å². The highest BCUT2D eigenvalue weighted by Gasteiger charge is 2.83. The Morgan fingerprint density at radius 3 is 2.81 bits per heavy atom. The second-order valence-electron chi connectivity index (χ2n) is 5.63. The van der Waals surface area contributed by atoms with E-state index < -0.39 is 6.58 Å². The van der Waals surface area contributed by atoms with Crippen LogP contribution in [0.25, 0.3) is 0 Å². The number of rotatable bonds is 4. The molecule has 0 bridgehead atoms. The van der Waals surface area contributed by atoms with Crippen LogP contribution in [-0.2, 0) is 14.2 Å². The van der Waals surface area contributed by atoms with Crippen LogP contribution in [0.1, 0.15) is 40.4 Å². The first kappa shape index (κ1) is 9.86. The van der Waals surface area contributed by atoms with E-state index in [4.69, 9.17) is 15.6 Å². The third kappa shape index (κ3) is 1.00. The molecule has 0 radical (unpaired) electrons. The summed E-state index contributed by atoms with van der Waals surface area (Å²) in [5, 5.41) is 0. The van der Waals surface area contributed by atoms with Gasteiger partial charge >= 0.3 is 0 Å². The maximum Gasteiger partial charge on any atom is 0.116 e. The smallest absolute Gasteiger partial charge is 0.116 e. The lowest BCUT2D eigenvalue weighted by atomic mass is 9.88. The maximum absolute atomic E-state index is 7.84. The van der Waals surface area contributed by atoms with Crippen LogP contribution in [0.15, 0.2) is 0 Å². The fourth-order valence-electron chi connectivity index (χ4n) is 4.36. The molecule has 3 fully saturated rings. The van der Waals surface area contributed by atoms with Crippen LogP contribution in [0.5, 0.6) is 0 Å². The second-order valence-corrected chi connectivity index (χ2v) is 5.63. The Balaban J connectivity index is 1.94. The predicted octanol–water partition coefficient (Wildman–Crippen LogP) is 2.14. The third-order valence-corrected chi connectivity index (χ3v) is 5.07. The summed E-state index contributed by atoms with van der Waals surface area (Å²) in [7, 11) is 3.53. The van der Waals surface area contributed by atoms with E-state index in [-0.39, 0.29) is 22.7 Å². The molecule has 92 valence electrons. The molecule has 1 aliphatic heterocycles. The molecule has 0 amide bonds. The summed E-state index contributed by atoms with van der Waals surface area (Å²) >= 11 is 0. The van der Waals surface area contributed by atoms with Gasteiger partial charge in [-0.15, -0.1) is 0 Å². The van der Waals surface area contributed by atoms with Crippen molar-refractivity contribution >= 4 is 0 Å². The molecule has 3 heteroatoms. The first-order valence-corrected chi connectivity index (χ1v) is 6.26. The Morgan fingerprint density at radius 1 is 1.38 bits per heavy atom. The molecular weight excluding hydrogens is 204 g/mol. The van der Waals surface area contributed by atoms with Crippen LogP contribution in [0.3, 0.4) is 0 Å². The van der Waals surface area contributed by atoms with Gasteiger partial charge in [0, 0.05) is 26.1 Å². The summed E-state index contributed by atoms with van der Waals surface area (Å²) in [5.74, 6) is 0. The van der Waals surface area contributed by atoms with Crippen LogP contribution in [-0.4, -0.2) is 38.1 Å². The lowest BCUT2D eigenvalue weighted by Gasteiger charge is -2.31. The zero-order valence-corrected chi connectivity index (χ0v) is 10.4. The van der Waals surface area contributed by atoms with Crippen molar-refractivity contribution in [2.75, 3.05) is 20.8 Å². The van der Waals surface area contributed by atoms with Crippen LogP contribution < -0.4 is 0 Å². The van der Waals surface area contributed by atoms with E-state index >= 15 is 0 Å². The maximum atomic E-state index is 7.84. The highest BCUT2D eigenvalue weighted by molar-refractivity contribution is 5.33. The molecule has 0 aromatic carbocycles. The SMILES string of the molecule is [3H][C@H]1C[C@@]2(OC)C[C@]3(CCC)C[C@]3(OC)C2O1. The minimum Gasteiger partial charge on any atom is -0.375 e. The molecule has 0 aromatic rings. The largest absolute Gasteiger partial charge is 0.375 e. The van der Waals surface area contributed by atoms with Gasteiger partial charge in [-0.25, -0.2) is 0 Å². The number of hydrogen-bond acceptors (Lipinski definition) is 3. The van der Waals surface area contributed by atoms with Crippen molar-refractivity contribution in [1.29, 1.82) is 0 Å². The Hall–Kier alpha value is -0.120. The Kier molecular flexibility index (Phi) is 1.98. The van der Waals surface area contributed by atoms with Crippen molar-refractivity contribution in [3.8, 4) is 0 Å². The standard InChI is InChI=1S/C13H22O3/c1-4-5-11-8-12(14-2)6-7-16-10(12)13(11,9-11)15-3/h10H,4-9H2,1-3H3/t10?,11-,12-,13+/m1/s1/i7T/t7-,10?,11+,12+,13-/m0. The van der Waals surface area contributed by atoms with Gasteiger partial charge in [0.15, 0.2) is 0 Å². The topological polar surface area (TPSA) is 27.7 Å². The van der Waals surface area contributed by atoms with Gasteiger partial charge in [-0.2, -0.15) is 0 Å². The van der Waals surface area contributed by atoms with Gasteiger partial charge in [-0.05, 0) is 19.3 Å². The minimum absolute atomic E-state index is 0.0425. The van der Waals surface area contributed by atoms with E-state index in [0.29, 0.717) is 6.42 Å². The zero-order valence-electron chi connectivity index (χ0n) is 11.4. The summed E-state index contributed by atoms with van der Waals surface area (Å²) in [4.78, 5) is 0. The van der Waals surface area contributed by atoms with Gasteiger partial charge in [-0.3, -0.25) is 0 Å². The molecule has 16 heavy (non-hydrogen) atoms. The Bertz CT molecular complexity index is 337. The van der Waals surface area contributed by atoms with Gasteiger partial charge in [-0.1, -0.05) is 13.3 Å². The van der Waals surface area contributed by atoms with Gasteiger partial charge in [0.25, 0.3) is 0 Å². The highest BCUT2D eigenvalue weighted by Crippen LogP contribution is 2.75. The molecular formula is C13H22O3. The van der Waals surface area contributed by atoms with E-state index in [2.05, 4.69) is 6.92 Å². The molecule has 1 saturated heterocycles. The molecule has 0 spiro atoms. The second kappa shape index (κ2) is 3.21. The highest BCUT2D eigenvalue weighted by atomic mass is 16.6. The normalized spacial score (nSPS) is 59.3. The van der Waals surface area contributed by atoms with Gasteiger partial charge < -0.3 is 14.2 Å². The molecule has 2 saturated carbocycles. The molecule has 5 atom stereocenters. The molecule has 3 rings (SSSR count). The van der Waals surface area contributed by atoms with E-state index in [1.165, 1.54) is 12.8 Å². The molecule has 1 unspecified atom stereocenters. The van der Waals surface area contributed by atoms with Gasteiger partial charge in [0.2, 0.25) is 0 Å². The number of hydrogen-bond donors (Lipinski definition) is 0. The van der Waals surface area contributed by atoms with E-state index in [1.54, 1.807) is 14.2 Å². The number of methoxy groups -OCH3 is 2. The van der Waals surface area contributed by atoms with E-state index in [9.17, 15) is 0 Å². The van der Waals surface area contributed by atoms with Crippen LogP contribution >= 0.6 is 0 Å². The van der Waals surface area contributed by atoms with Crippen LogP contribution in [0.2, 0.25) is 0 Å². The fourth-order valence-corrected chi connectivity index (χ4v) is 4.36. The fraction of sp³-hybridized carbons (Fsp3) is 1.00. The summed E-state index contributed by atoms with van der Waals surface area (Å²) < 4.78 is 25.2. The van der Waals surface area contributed by atoms with Crippen molar-refractivity contribution < 1.29 is 15.6 Å². The molecule has 1 heterocycles. The third-order valence-electron chi connectivity index (χ3n) is 5.07. The first-order valence-electron chi connectivity index (χ1n) is 6.84.